The number of carbonyl (C=O) groups excluding carboxylic acids is 1. The van der Waals surface area contributed by atoms with E-state index >= 15 is 0 Å². The number of esters is 1. The van der Waals surface area contributed by atoms with Crippen LogP contribution in [0.15, 0.2) is 54.6 Å². The van der Waals surface area contributed by atoms with Gasteiger partial charge in [-0.3, -0.25) is 0 Å². The molecule has 1 aliphatic rings. The van der Waals surface area contributed by atoms with E-state index in [2.05, 4.69) is 5.10 Å². The molecule has 0 amide bonds. The molecule has 0 atom stereocenters. The fraction of sp³-hybridized carbons (Fsp3) is 0.238. The summed E-state index contributed by atoms with van der Waals surface area (Å²) in [5.74, 6) is 0.0539. The highest BCUT2D eigenvalue weighted by atomic mass is 19.1. The predicted octanol–water partition coefficient (Wildman–Crippen LogP) is 3.49. The first-order chi connectivity index (χ1) is 13.7. The van der Waals surface area contributed by atoms with Gasteiger partial charge in [-0.05, 0) is 30.3 Å². The number of hydrogen-bond donors (Lipinski definition) is 0. The van der Waals surface area contributed by atoms with E-state index in [1.54, 1.807) is 24.3 Å². The number of methoxy groups -OCH3 is 1. The second-order valence-corrected chi connectivity index (χ2v) is 6.51. The largest absolute Gasteiger partial charge is 0.493 e. The van der Waals surface area contributed by atoms with Gasteiger partial charge in [0.05, 0.1) is 32.6 Å². The molecule has 0 radical (unpaired) electrons. The molecule has 2 aromatic carbocycles. The minimum Gasteiger partial charge on any atom is -0.493 e. The number of hydrogen-bond acceptors (Lipinski definition) is 5. The minimum absolute atomic E-state index is 0.0960. The van der Waals surface area contributed by atoms with Crippen LogP contribution in [0.4, 0.5) is 4.39 Å². The van der Waals surface area contributed by atoms with Crippen LogP contribution in [-0.4, -0.2) is 42.7 Å². The molecule has 1 aliphatic heterocycles. The van der Waals surface area contributed by atoms with E-state index in [1.165, 1.54) is 17.9 Å². The number of para-hydroxylation sites is 1. The Bertz CT molecular complexity index is 998. The second kappa shape index (κ2) is 7.82. The van der Waals surface area contributed by atoms with Crippen LogP contribution in [0, 0.1) is 11.7 Å². The highest BCUT2D eigenvalue weighted by Crippen LogP contribution is 2.28. The van der Waals surface area contributed by atoms with Crippen LogP contribution >= 0.6 is 0 Å². The molecular weight excluding hydrogens is 363 g/mol. The lowest BCUT2D eigenvalue weighted by Crippen LogP contribution is -2.32. The number of carbonyl (C=O) groups is 1. The van der Waals surface area contributed by atoms with Crippen LogP contribution in [0.25, 0.3) is 16.9 Å². The molecule has 28 heavy (non-hydrogen) atoms. The Labute approximate surface area is 161 Å². The van der Waals surface area contributed by atoms with Crippen LogP contribution in [0.1, 0.15) is 10.5 Å². The maximum atomic E-state index is 14.4. The average molecular weight is 382 g/mol. The molecule has 2 heterocycles. The smallest absolute Gasteiger partial charge is 0.358 e. The summed E-state index contributed by atoms with van der Waals surface area (Å²) < 4.78 is 31.6. The van der Waals surface area contributed by atoms with Crippen molar-refractivity contribution in [3.63, 3.8) is 0 Å². The molecular formula is C21H19FN2O4. The lowest BCUT2D eigenvalue weighted by Gasteiger charge is -2.25. The normalized spacial score (nSPS) is 13.8. The Morgan fingerprint density at radius 2 is 2.04 bits per heavy atom. The van der Waals surface area contributed by atoms with Gasteiger partial charge in [0, 0.05) is 11.5 Å². The number of aromatic nitrogens is 2. The standard InChI is InChI=1S/C21H19FN2O4/c1-26-21(25)18-10-20(24(23-18)19-8-3-2-7-17(19)22)15-5-4-6-16(9-15)28-13-14-11-27-12-14/h2-10,14H,11-13H2,1H3. The van der Waals surface area contributed by atoms with Crippen molar-refractivity contribution in [1.29, 1.82) is 0 Å². The second-order valence-electron chi connectivity index (χ2n) is 6.51. The quantitative estimate of drug-likeness (QED) is 0.611. The molecule has 0 bridgehead atoms. The molecule has 6 nitrogen and oxygen atoms in total. The van der Waals surface area contributed by atoms with Crippen molar-refractivity contribution in [2.24, 2.45) is 5.92 Å². The third-order valence-electron chi connectivity index (χ3n) is 4.51. The van der Waals surface area contributed by atoms with Crippen molar-refractivity contribution < 1.29 is 23.4 Å². The van der Waals surface area contributed by atoms with Gasteiger partial charge in [0.1, 0.15) is 17.3 Å². The van der Waals surface area contributed by atoms with Crippen LogP contribution in [0.2, 0.25) is 0 Å². The first kappa shape index (κ1) is 18.2. The van der Waals surface area contributed by atoms with Gasteiger partial charge in [0.15, 0.2) is 5.69 Å². The van der Waals surface area contributed by atoms with Crippen molar-refractivity contribution in [3.8, 4) is 22.7 Å². The van der Waals surface area contributed by atoms with Crippen LogP contribution in [-0.2, 0) is 9.47 Å². The molecule has 0 saturated carbocycles. The molecule has 0 spiro atoms. The summed E-state index contributed by atoms with van der Waals surface area (Å²) in [5, 5.41) is 4.26. The van der Waals surface area contributed by atoms with E-state index in [1.807, 2.05) is 24.3 Å². The Balaban J connectivity index is 1.72. The molecule has 1 aromatic heterocycles. The summed E-state index contributed by atoms with van der Waals surface area (Å²) >= 11 is 0. The summed E-state index contributed by atoms with van der Waals surface area (Å²) in [6.45, 7) is 1.99. The fourth-order valence-corrected chi connectivity index (χ4v) is 2.94. The summed E-state index contributed by atoms with van der Waals surface area (Å²) in [6, 6.07) is 15.2. The van der Waals surface area contributed by atoms with E-state index in [4.69, 9.17) is 14.2 Å². The van der Waals surface area contributed by atoms with Gasteiger partial charge in [-0.1, -0.05) is 24.3 Å². The third-order valence-corrected chi connectivity index (χ3v) is 4.51. The molecule has 144 valence electrons. The predicted molar refractivity (Wildman–Crippen MR) is 100 cm³/mol. The van der Waals surface area contributed by atoms with Crippen molar-refractivity contribution in [3.05, 3.63) is 66.1 Å². The molecule has 0 N–H and O–H groups in total. The van der Waals surface area contributed by atoms with Crippen molar-refractivity contribution in [1.82, 2.24) is 9.78 Å². The van der Waals surface area contributed by atoms with Crippen LogP contribution in [0.5, 0.6) is 5.75 Å². The first-order valence-corrected chi connectivity index (χ1v) is 8.90. The van der Waals surface area contributed by atoms with E-state index in [0.717, 1.165) is 5.56 Å². The van der Waals surface area contributed by atoms with Crippen LogP contribution < -0.4 is 4.74 Å². The van der Waals surface area contributed by atoms with Gasteiger partial charge in [-0.15, -0.1) is 0 Å². The first-order valence-electron chi connectivity index (χ1n) is 8.90. The number of halogens is 1. The zero-order valence-corrected chi connectivity index (χ0v) is 15.3. The zero-order chi connectivity index (χ0) is 19.5. The maximum Gasteiger partial charge on any atom is 0.358 e. The lowest BCUT2D eigenvalue weighted by atomic mass is 10.1. The highest BCUT2D eigenvalue weighted by Gasteiger charge is 2.21. The van der Waals surface area contributed by atoms with Crippen LogP contribution in [0.3, 0.4) is 0 Å². The van der Waals surface area contributed by atoms with Crippen molar-refractivity contribution in [2.75, 3.05) is 26.9 Å². The number of ether oxygens (including phenoxy) is 3. The monoisotopic (exact) mass is 382 g/mol. The van der Waals surface area contributed by atoms with E-state index in [0.29, 0.717) is 37.2 Å². The van der Waals surface area contributed by atoms with E-state index in [-0.39, 0.29) is 11.4 Å². The topological polar surface area (TPSA) is 62.6 Å². The summed E-state index contributed by atoms with van der Waals surface area (Å²) in [5.41, 5.74) is 1.64. The van der Waals surface area contributed by atoms with E-state index in [9.17, 15) is 9.18 Å². The molecule has 1 fully saturated rings. The molecule has 0 unspecified atom stereocenters. The number of nitrogens with zero attached hydrogens (tertiary/aromatic N) is 2. The summed E-state index contributed by atoms with van der Waals surface area (Å²) in [4.78, 5) is 12.0. The van der Waals surface area contributed by atoms with Gasteiger partial charge in [0.25, 0.3) is 0 Å². The van der Waals surface area contributed by atoms with Gasteiger partial charge >= 0.3 is 5.97 Å². The minimum atomic E-state index is -0.589. The fourth-order valence-electron chi connectivity index (χ4n) is 2.94. The SMILES string of the molecule is COC(=O)c1cc(-c2cccc(OCC3COC3)c2)n(-c2ccccc2F)n1. The molecule has 0 aliphatic carbocycles. The van der Waals surface area contributed by atoms with Gasteiger partial charge < -0.3 is 14.2 Å². The molecule has 4 rings (SSSR count). The Kier molecular flexibility index (Phi) is 5.08. The molecule has 3 aromatic rings. The van der Waals surface area contributed by atoms with Gasteiger partial charge in [-0.25, -0.2) is 13.9 Å². The number of benzene rings is 2. The zero-order valence-electron chi connectivity index (χ0n) is 15.3. The van der Waals surface area contributed by atoms with Gasteiger partial charge in [0.2, 0.25) is 0 Å². The third kappa shape index (κ3) is 3.61. The van der Waals surface area contributed by atoms with Crippen molar-refractivity contribution in [2.45, 2.75) is 0 Å². The van der Waals surface area contributed by atoms with Crippen molar-refractivity contribution >= 4 is 5.97 Å². The number of rotatable bonds is 6. The van der Waals surface area contributed by atoms with E-state index < -0.39 is 11.8 Å². The Morgan fingerprint density at radius 3 is 2.75 bits per heavy atom. The average Bonchev–Trinajstić information content (AvgIpc) is 3.12. The summed E-state index contributed by atoms with van der Waals surface area (Å²) in [6.07, 6.45) is 0. The molecule has 7 heteroatoms. The highest BCUT2D eigenvalue weighted by molar-refractivity contribution is 5.89. The summed E-state index contributed by atoms with van der Waals surface area (Å²) in [7, 11) is 1.28. The Morgan fingerprint density at radius 1 is 1.21 bits per heavy atom. The lowest BCUT2D eigenvalue weighted by molar-refractivity contribution is -0.0508. The van der Waals surface area contributed by atoms with Gasteiger partial charge in [-0.2, -0.15) is 5.10 Å². The Hall–Kier alpha value is -3.19. The molecule has 1 saturated heterocycles. The maximum absolute atomic E-state index is 14.4.